The minimum atomic E-state index is -0.536. The van der Waals surface area contributed by atoms with Gasteiger partial charge in [-0.3, -0.25) is 0 Å². The van der Waals surface area contributed by atoms with Crippen molar-refractivity contribution in [1.82, 2.24) is 0 Å². The van der Waals surface area contributed by atoms with E-state index in [1.54, 1.807) is 33.5 Å². The fourth-order valence-corrected chi connectivity index (χ4v) is 2.67. The van der Waals surface area contributed by atoms with E-state index in [4.69, 9.17) is 24.7 Å². The van der Waals surface area contributed by atoms with Crippen LogP contribution in [-0.2, 0) is 0 Å². The molecule has 1 aliphatic rings. The average molecular weight is 297 g/mol. The van der Waals surface area contributed by atoms with Crippen LogP contribution in [0.4, 0.5) is 0 Å². The molecule has 0 saturated heterocycles. The molecular formula is C15H23NO5. The van der Waals surface area contributed by atoms with Crippen molar-refractivity contribution in [2.24, 2.45) is 5.73 Å². The van der Waals surface area contributed by atoms with Crippen LogP contribution in [0.5, 0.6) is 23.0 Å². The number of aliphatic hydroxyl groups excluding tert-OH is 1. The molecule has 1 aliphatic carbocycles. The maximum absolute atomic E-state index is 9.30. The van der Waals surface area contributed by atoms with Gasteiger partial charge < -0.3 is 29.8 Å². The third kappa shape index (κ3) is 3.33. The number of aliphatic hydroxyl groups is 1. The van der Waals surface area contributed by atoms with Crippen molar-refractivity contribution < 1.29 is 24.1 Å². The predicted molar refractivity (Wildman–Crippen MR) is 78.4 cm³/mol. The van der Waals surface area contributed by atoms with Crippen molar-refractivity contribution in [3.05, 3.63) is 12.1 Å². The molecule has 0 bridgehead atoms. The highest BCUT2D eigenvalue weighted by Gasteiger charge is 2.36. The van der Waals surface area contributed by atoms with Crippen molar-refractivity contribution in [2.75, 3.05) is 27.9 Å². The van der Waals surface area contributed by atoms with Gasteiger partial charge in [0.1, 0.15) is 11.9 Å². The van der Waals surface area contributed by atoms with Crippen molar-refractivity contribution in [3.63, 3.8) is 0 Å². The molecular weight excluding hydrogens is 274 g/mol. The summed E-state index contributed by atoms with van der Waals surface area (Å²) in [5, 5.41) is 9.30. The summed E-state index contributed by atoms with van der Waals surface area (Å²) in [6.45, 7) is -0.0257. The second kappa shape index (κ2) is 6.41. The Morgan fingerprint density at radius 3 is 2.24 bits per heavy atom. The molecule has 21 heavy (non-hydrogen) atoms. The predicted octanol–water partition coefficient (Wildman–Crippen LogP) is 1.33. The van der Waals surface area contributed by atoms with Crippen LogP contribution in [0.2, 0.25) is 0 Å². The van der Waals surface area contributed by atoms with Gasteiger partial charge in [0.2, 0.25) is 5.75 Å². The summed E-state index contributed by atoms with van der Waals surface area (Å²) in [7, 11) is 4.68. The van der Waals surface area contributed by atoms with Gasteiger partial charge in [0.25, 0.3) is 0 Å². The molecule has 3 N–H and O–H groups in total. The van der Waals surface area contributed by atoms with Crippen LogP contribution >= 0.6 is 0 Å². The van der Waals surface area contributed by atoms with Gasteiger partial charge in [-0.25, -0.2) is 0 Å². The Morgan fingerprint density at radius 2 is 1.81 bits per heavy atom. The summed E-state index contributed by atoms with van der Waals surface area (Å²) in [6, 6.07) is 3.52. The van der Waals surface area contributed by atoms with E-state index in [9.17, 15) is 5.11 Å². The van der Waals surface area contributed by atoms with Crippen molar-refractivity contribution in [3.8, 4) is 23.0 Å². The van der Waals surface area contributed by atoms with Crippen LogP contribution in [0.25, 0.3) is 0 Å². The SMILES string of the molecule is COc1cc(OC2CCC(N)(CO)C2)cc(OC)c1OC. The zero-order valence-corrected chi connectivity index (χ0v) is 12.7. The van der Waals surface area contributed by atoms with Gasteiger partial charge in [-0.2, -0.15) is 0 Å². The fourth-order valence-electron chi connectivity index (χ4n) is 2.67. The molecule has 1 aromatic carbocycles. The highest BCUT2D eigenvalue weighted by molar-refractivity contribution is 5.55. The van der Waals surface area contributed by atoms with E-state index < -0.39 is 5.54 Å². The van der Waals surface area contributed by atoms with E-state index in [0.29, 0.717) is 29.4 Å². The van der Waals surface area contributed by atoms with Crippen molar-refractivity contribution in [2.45, 2.75) is 30.9 Å². The van der Waals surface area contributed by atoms with Gasteiger partial charge in [-0.05, 0) is 12.8 Å². The Hall–Kier alpha value is -1.66. The molecule has 0 spiro atoms. The Bertz CT molecular complexity index is 468. The highest BCUT2D eigenvalue weighted by Crippen LogP contribution is 2.42. The van der Waals surface area contributed by atoms with Crippen molar-refractivity contribution in [1.29, 1.82) is 0 Å². The summed E-state index contributed by atoms with van der Waals surface area (Å²) in [5.74, 6) is 2.26. The van der Waals surface area contributed by atoms with E-state index in [2.05, 4.69) is 0 Å². The number of benzene rings is 1. The Morgan fingerprint density at radius 1 is 1.19 bits per heavy atom. The third-order valence-electron chi connectivity index (χ3n) is 3.85. The molecule has 1 saturated carbocycles. The first kappa shape index (κ1) is 15.7. The van der Waals surface area contributed by atoms with E-state index in [0.717, 1.165) is 12.8 Å². The number of rotatable bonds is 6. The maximum Gasteiger partial charge on any atom is 0.203 e. The van der Waals surface area contributed by atoms with Crippen LogP contribution < -0.4 is 24.7 Å². The number of nitrogens with two attached hydrogens (primary N) is 1. The molecule has 2 atom stereocenters. The second-order valence-corrected chi connectivity index (χ2v) is 5.36. The summed E-state index contributed by atoms with van der Waals surface area (Å²) in [5.41, 5.74) is 5.52. The summed E-state index contributed by atoms with van der Waals surface area (Å²) in [6.07, 6.45) is 2.16. The minimum Gasteiger partial charge on any atom is -0.493 e. The molecule has 1 fully saturated rings. The normalized spacial score (nSPS) is 24.7. The minimum absolute atomic E-state index is 0.0232. The molecule has 0 aliphatic heterocycles. The topological polar surface area (TPSA) is 83.2 Å². The lowest BCUT2D eigenvalue weighted by Crippen LogP contribution is -2.41. The van der Waals surface area contributed by atoms with Gasteiger partial charge in [0, 0.05) is 24.1 Å². The molecule has 118 valence electrons. The van der Waals surface area contributed by atoms with Gasteiger partial charge >= 0.3 is 0 Å². The molecule has 1 aromatic rings. The van der Waals surface area contributed by atoms with Gasteiger partial charge in [0.05, 0.1) is 27.9 Å². The Kier molecular flexibility index (Phi) is 4.80. The van der Waals surface area contributed by atoms with Crippen LogP contribution in [0.15, 0.2) is 12.1 Å². The number of ether oxygens (including phenoxy) is 4. The first-order chi connectivity index (χ1) is 10.0. The quantitative estimate of drug-likeness (QED) is 0.824. The van der Waals surface area contributed by atoms with Gasteiger partial charge in [0.15, 0.2) is 11.5 Å². The number of hydrogen-bond donors (Lipinski definition) is 2. The van der Waals surface area contributed by atoms with Crippen LogP contribution in [0.1, 0.15) is 19.3 Å². The van der Waals surface area contributed by atoms with E-state index in [-0.39, 0.29) is 12.7 Å². The van der Waals surface area contributed by atoms with E-state index >= 15 is 0 Å². The van der Waals surface area contributed by atoms with Gasteiger partial charge in [-0.1, -0.05) is 0 Å². The van der Waals surface area contributed by atoms with E-state index in [1.807, 2.05) is 0 Å². The van der Waals surface area contributed by atoms with Crippen LogP contribution in [0, 0.1) is 0 Å². The number of hydrogen-bond acceptors (Lipinski definition) is 6. The van der Waals surface area contributed by atoms with Gasteiger partial charge in [-0.15, -0.1) is 0 Å². The molecule has 0 heterocycles. The second-order valence-electron chi connectivity index (χ2n) is 5.36. The lowest BCUT2D eigenvalue weighted by atomic mass is 10.0. The standard InChI is InChI=1S/C15H23NO5/c1-18-12-6-11(7-13(19-2)14(12)20-3)21-10-4-5-15(16,8-10)9-17/h6-7,10,17H,4-5,8-9,16H2,1-3H3. The lowest BCUT2D eigenvalue weighted by Gasteiger charge is -2.21. The van der Waals surface area contributed by atoms with Crippen molar-refractivity contribution >= 4 is 0 Å². The molecule has 2 unspecified atom stereocenters. The third-order valence-corrected chi connectivity index (χ3v) is 3.85. The lowest BCUT2D eigenvalue weighted by molar-refractivity contribution is 0.165. The number of methoxy groups -OCH3 is 3. The zero-order valence-electron chi connectivity index (χ0n) is 12.7. The largest absolute Gasteiger partial charge is 0.493 e. The summed E-state index contributed by atoms with van der Waals surface area (Å²) < 4.78 is 21.8. The van der Waals surface area contributed by atoms with E-state index in [1.165, 1.54) is 0 Å². The Labute approximate surface area is 124 Å². The maximum atomic E-state index is 9.30. The Balaban J connectivity index is 2.17. The first-order valence-corrected chi connectivity index (χ1v) is 6.91. The molecule has 0 aromatic heterocycles. The fraction of sp³-hybridized carbons (Fsp3) is 0.600. The molecule has 0 radical (unpaired) electrons. The highest BCUT2D eigenvalue weighted by atomic mass is 16.5. The molecule has 0 amide bonds. The molecule has 6 heteroatoms. The molecule has 6 nitrogen and oxygen atoms in total. The molecule has 2 rings (SSSR count). The summed E-state index contributed by atoms with van der Waals surface area (Å²) >= 11 is 0. The average Bonchev–Trinajstić information content (AvgIpc) is 2.88. The van der Waals surface area contributed by atoms with Crippen LogP contribution in [0.3, 0.4) is 0 Å². The summed E-state index contributed by atoms with van der Waals surface area (Å²) in [4.78, 5) is 0. The van der Waals surface area contributed by atoms with Crippen LogP contribution in [-0.4, -0.2) is 44.7 Å². The first-order valence-electron chi connectivity index (χ1n) is 6.91. The zero-order chi connectivity index (χ0) is 15.5. The smallest absolute Gasteiger partial charge is 0.203 e. The monoisotopic (exact) mass is 297 g/mol.